The van der Waals surface area contributed by atoms with E-state index >= 15 is 0 Å². The zero-order chi connectivity index (χ0) is 28.5. The van der Waals surface area contributed by atoms with Gasteiger partial charge in [0.2, 0.25) is 5.91 Å². The fourth-order valence-electron chi connectivity index (χ4n) is 5.08. The molecule has 1 saturated heterocycles. The van der Waals surface area contributed by atoms with E-state index in [0.717, 1.165) is 41.7 Å². The summed E-state index contributed by atoms with van der Waals surface area (Å²) in [7, 11) is 0. The summed E-state index contributed by atoms with van der Waals surface area (Å²) in [6.45, 7) is 4.53. The molecule has 8 nitrogen and oxygen atoms in total. The highest BCUT2D eigenvalue weighted by atomic mass is 32.2. The molecule has 2 atom stereocenters. The Bertz CT molecular complexity index is 1280. The number of carbonyl (C=O) groups excluding carboxylic acids is 1. The van der Waals surface area contributed by atoms with Gasteiger partial charge in [0, 0.05) is 31.1 Å². The summed E-state index contributed by atoms with van der Waals surface area (Å²) in [6.07, 6.45) is 3.13. The van der Waals surface area contributed by atoms with Gasteiger partial charge >= 0.3 is 0 Å². The Morgan fingerprint density at radius 3 is 2.50 bits per heavy atom. The first-order chi connectivity index (χ1) is 19.4. The van der Waals surface area contributed by atoms with E-state index in [2.05, 4.69) is 4.72 Å². The Hall–Kier alpha value is -3.37. The largest absolute Gasteiger partial charge is 0.593 e. The van der Waals surface area contributed by atoms with Gasteiger partial charge in [-0.05, 0) is 79.6 Å². The molecule has 1 aliphatic rings. The second-order valence-corrected chi connectivity index (χ2v) is 11.3. The van der Waals surface area contributed by atoms with Crippen LogP contribution in [0.2, 0.25) is 0 Å². The maximum absolute atomic E-state index is 13.8. The quantitative estimate of drug-likeness (QED) is 0.150. The van der Waals surface area contributed by atoms with Crippen molar-refractivity contribution in [1.82, 2.24) is 9.62 Å². The molecule has 0 spiro atoms. The highest BCUT2D eigenvalue weighted by molar-refractivity contribution is 7.89. The van der Waals surface area contributed by atoms with Gasteiger partial charge in [-0.3, -0.25) is 10.2 Å². The van der Waals surface area contributed by atoms with Crippen molar-refractivity contribution >= 4 is 23.1 Å². The van der Waals surface area contributed by atoms with Gasteiger partial charge in [-0.25, -0.2) is 0 Å². The standard InChI is InChI=1S/C31H39N5O3S/c1-2-39-27-11-9-24(10-12-27)25-6-4-8-28(21-25)40(38)35-29(20-23-5-3-7-26(19-23)30(33)34)31(37)36-17-14-22(13-16-32)15-18-36/h3-12,19,21-22,29,35H,2,13-18,20,32H2,1H3,(H3,33,34). The Labute approximate surface area is 239 Å². The van der Waals surface area contributed by atoms with E-state index in [-0.39, 0.29) is 11.7 Å². The number of nitrogen functional groups attached to an aromatic ring is 1. The molecule has 2 unspecified atom stereocenters. The molecule has 1 heterocycles. The number of rotatable bonds is 12. The zero-order valence-electron chi connectivity index (χ0n) is 23.0. The van der Waals surface area contributed by atoms with Crippen LogP contribution >= 0.6 is 0 Å². The number of nitrogens with one attached hydrogen (secondary N) is 2. The number of benzene rings is 3. The predicted molar refractivity (Wildman–Crippen MR) is 161 cm³/mol. The van der Waals surface area contributed by atoms with Gasteiger partial charge in [0.1, 0.15) is 17.6 Å². The number of hydrogen-bond donors (Lipinski definition) is 4. The Balaban J connectivity index is 1.53. The van der Waals surface area contributed by atoms with Gasteiger partial charge in [0.05, 0.1) is 18.0 Å². The molecule has 0 aliphatic carbocycles. The molecular formula is C31H39N5O3S. The highest BCUT2D eigenvalue weighted by Gasteiger charge is 2.32. The summed E-state index contributed by atoms with van der Waals surface area (Å²) in [6, 6.07) is 21.9. The highest BCUT2D eigenvalue weighted by Crippen LogP contribution is 2.26. The van der Waals surface area contributed by atoms with Crippen molar-refractivity contribution in [2.45, 2.75) is 43.5 Å². The molecule has 9 heteroatoms. The molecule has 3 aromatic carbocycles. The second kappa shape index (κ2) is 14.3. The number of carbonyl (C=O) groups is 1. The summed E-state index contributed by atoms with van der Waals surface area (Å²) in [5.74, 6) is 1.23. The monoisotopic (exact) mass is 561 g/mol. The normalized spacial score (nSPS) is 15.4. The first kappa shape index (κ1) is 29.6. The summed E-state index contributed by atoms with van der Waals surface area (Å²) in [4.78, 5) is 16.2. The number of likely N-dealkylation sites (tertiary alicyclic amines) is 1. The molecule has 0 aromatic heterocycles. The van der Waals surface area contributed by atoms with Crippen molar-refractivity contribution in [3.8, 4) is 16.9 Å². The number of amidine groups is 1. The van der Waals surface area contributed by atoms with Crippen LogP contribution in [0.15, 0.2) is 77.7 Å². The van der Waals surface area contributed by atoms with Gasteiger partial charge < -0.3 is 25.7 Å². The average molecular weight is 562 g/mol. The van der Waals surface area contributed by atoms with E-state index in [9.17, 15) is 9.35 Å². The van der Waals surface area contributed by atoms with Gasteiger partial charge in [-0.15, -0.1) is 4.72 Å². The zero-order valence-corrected chi connectivity index (χ0v) is 23.8. The average Bonchev–Trinajstić information content (AvgIpc) is 2.98. The number of amides is 1. The summed E-state index contributed by atoms with van der Waals surface area (Å²) in [5, 5.41) is 7.78. The van der Waals surface area contributed by atoms with Crippen LogP contribution in [0.1, 0.15) is 37.3 Å². The number of nitrogens with zero attached hydrogens (tertiary/aromatic N) is 1. The lowest BCUT2D eigenvalue weighted by Crippen LogP contribution is -2.51. The van der Waals surface area contributed by atoms with E-state index in [0.29, 0.717) is 49.0 Å². The third kappa shape index (κ3) is 7.85. The number of ether oxygens (including phenoxy) is 1. The molecule has 0 radical (unpaired) electrons. The van der Waals surface area contributed by atoms with E-state index in [1.165, 1.54) is 0 Å². The van der Waals surface area contributed by atoms with Crippen LogP contribution in [0.4, 0.5) is 0 Å². The first-order valence-corrected chi connectivity index (χ1v) is 15.0. The van der Waals surface area contributed by atoms with Gasteiger partial charge in [0.15, 0.2) is 4.90 Å². The Kier molecular flexibility index (Phi) is 10.6. The van der Waals surface area contributed by atoms with Crippen LogP contribution in [-0.4, -0.2) is 53.5 Å². The van der Waals surface area contributed by atoms with E-state index in [1.54, 1.807) is 12.1 Å². The van der Waals surface area contributed by atoms with E-state index < -0.39 is 17.4 Å². The minimum Gasteiger partial charge on any atom is -0.593 e. The third-order valence-electron chi connectivity index (χ3n) is 7.27. The molecule has 4 rings (SSSR count). The van der Waals surface area contributed by atoms with Crippen molar-refractivity contribution in [3.05, 3.63) is 83.9 Å². The van der Waals surface area contributed by atoms with Crippen molar-refractivity contribution < 1.29 is 14.1 Å². The first-order valence-electron chi connectivity index (χ1n) is 13.8. The van der Waals surface area contributed by atoms with Crippen LogP contribution < -0.4 is 20.9 Å². The van der Waals surface area contributed by atoms with Gasteiger partial charge in [-0.1, -0.05) is 42.5 Å². The minimum atomic E-state index is -1.63. The maximum Gasteiger partial charge on any atom is 0.244 e. The molecule has 0 saturated carbocycles. The van der Waals surface area contributed by atoms with Crippen LogP contribution in [0.25, 0.3) is 11.1 Å². The van der Waals surface area contributed by atoms with Crippen LogP contribution in [0.3, 0.4) is 0 Å². The third-order valence-corrected chi connectivity index (χ3v) is 8.45. The van der Waals surface area contributed by atoms with Crippen molar-refractivity contribution in [2.24, 2.45) is 17.4 Å². The molecule has 40 heavy (non-hydrogen) atoms. The fraction of sp³-hybridized carbons (Fsp3) is 0.355. The molecular weight excluding hydrogens is 522 g/mol. The molecule has 212 valence electrons. The maximum atomic E-state index is 13.8. The molecule has 1 fully saturated rings. The summed E-state index contributed by atoms with van der Waals surface area (Å²) >= 11 is -1.63. The van der Waals surface area contributed by atoms with Crippen molar-refractivity contribution in [2.75, 3.05) is 26.2 Å². The number of piperidine rings is 1. The van der Waals surface area contributed by atoms with Gasteiger partial charge in [-0.2, -0.15) is 0 Å². The topological polar surface area (TPSA) is 141 Å². The SMILES string of the molecule is CCOc1ccc(-c2cccc([S+]([O-])NC(Cc3cccc(C(=N)N)c3)C(=O)N3CCC(CCN)CC3)c2)cc1. The van der Waals surface area contributed by atoms with Crippen molar-refractivity contribution in [3.63, 3.8) is 0 Å². The summed E-state index contributed by atoms with van der Waals surface area (Å²) in [5.41, 5.74) is 14.8. The van der Waals surface area contributed by atoms with Gasteiger partial charge in [0.25, 0.3) is 0 Å². The molecule has 3 aromatic rings. The molecule has 1 amide bonds. The van der Waals surface area contributed by atoms with Crippen LogP contribution in [0, 0.1) is 11.3 Å². The van der Waals surface area contributed by atoms with Crippen molar-refractivity contribution in [1.29, 1.82) is 5.41 Å². The van der Waals surface area contributed by atoms with Crippen LogP contribution in [-0.2, 0) is 22.6 Å². The Morgan fingerprint density at radius 2 is 1.82 bits per heavy atom. The summed E-state index contributed by atoms with van der Waals surface area (Å²) < 4.78 is 22.3. The lowest BCUT2D eigenvalue weighted by Gasteiger charge is -2.34. The Morgan fingerprint density at radius 1 is 1.10 bits per heavy atom. The number of hydrogen-bond acceptors (Lipinski definition) is 6. The van der Waals surface area contributed by atoms with E-state index in [4.69, 9.17) is 21.6 Å². The molecule has 0 bridgehead atoms. The lowest BCUT2D eigenvalue weighted by molar-refractivity contribution is -0.134. The predicted octanol–water partition coefficient (Wildman–Crippen LogP) is 3.85. The lowest BCUT2D eigenvalue weighted by atomic mass is 9.93. The minimum absolute atomic E-state index is 0.0330. The fourth-order valence-corrected chi connectivity index (χ4v) is 6.09. The van der Waals surface area contributed by atoms with E-state index in [1.807, 2.05) is 72.5 Å². The second-order valence-electron chi connectivity index (χ2n) is 10.1. The number of nitrogens with two attached hydrogens (primary N) is 2. The molecule has 1 aliphatic heterocycles. The molecule has 6 N–H and O–H groups in total. The smallest absolute Gasteiger partial charge is 0.244 e. The van der Waals surface area contributed by atoms with Crippen LogP contribution in [0.5, 0.6) is 5.75 Å².